The minimum Gasteiger partial charge on any atom is -0.393 e. The van der Waals surface area contributed by atoms with Crippen LogP contribution in [-0.4, -0.2) is 16.5 Å². The fourth-order valence-corrected chi connectivity index (χ4v) is 3.07. The molecule has 0 fully saturated rings. The number of nitrogen functional groups attached to an aromatic ring is 1. The Balaban J connectivity index is 1.53. The van der Waals surface area contributed by atoms with Gasteiger partial charge in [0.2, 0.25) is 0 Å². The zero-order chi connectivity index (χ0) is 17.1. The largest absolute Gasteiger partial charge is 0.393 e. The van der Waals surface area contributed by atoms with Crippen molar-refractivity contribution in [1.82, 2.24) is 9.97 Å². The van der Waals surface area contributed by atoms with Gasteiger partial charge >= 0.3 is 0 Å². The molecule has 0 saturated carbocycles. The van der Waals surface area contributed by atoms with Crippen molar-refractivity contribution in [3.05, 3.63) is 72.1 Å². The van der Waals surface area contributed by atoms with Crippen molar-refractivity contribution >= 4 is 23.0 Å². The Morgan fingerprint density at radius 3 is 2.48 bits per heavy atom. The lowest BCUT2D eigenvalue weighted by Gasteiger charge is -2.30. The number of hydrazine groups is 1. The van der Waals surface area contributed by atoms with Gasteiger partial charge in [0.25, 0.3) is 0 Å². The van der Waals surface area contributed by atoms with E-state index in [1.54, 1.807) is 6.33 Å². The van der Waals surface area contributed by atoms with Gasteiger partial charge in [0.05, 0.1) is 5.69 Å². The molecule has 1 aliphatic rings. The van der Waals surface area contributed by atoms with Gasteiger partial charge in [-0.25, -0.2) is 9.97 Å². The smallest absolute Gasteiger partial charge is 0.173 e. The zero-order valence-corrected chi connectivity index (χ0v) is 13.8. The number of hydrogen-bond donors (Lipinski definition) is 3. The van der Waals surface area contributed by atoms with Gasteiger partial charge in [0.1, 0.15) is 12.0 Å². The van der Waals surface area contributed by atoms with Gasteiger partial charge in [-0.15, -0.1) is 0 Å². The number of rotatable bonds is 4. The summed E-state index contributed by atoms with van der Waals surface area (Å²) < 4.78 is 0. The van der Waals surface area contributed by atoms with Gasteiger partial charge in [0.15, 0.2) is 11.6 Å². The molecule has 0 atom stereocenters. The number of nitrogens with two attached hydrogens (primary N) is 1. The Morgan fingerprint density at radius 2 is 1.64 bits per heavy atom. The molecule has 0 amide bonds. The van der Waals surface area contributed by atoms with Crippen LogP contribution in [0.4, 0.5) is 23.0 Å². The maximum Gasteiger partial charge on any atom is 0.173 e. The third-order valence-corrected chi connectivity index (χ3v) is 4.39. The Bertz CT molecular complexity index is 865. The van der Waals surface area contributed by atoms with Crippen LogP contribution in [0.1, 0.15) is 11.1 Å². The van der Waals surface area contributed by atoms with Crippen molar-refractivity contribution < 1.29 is 0 Å². The SMILES string of the molecule is Nc1c(NNc2ccccc2)ncnc1N1CCc2ccccc2C1. The second-order valence-corrected chi connectivity index (χ2v) is 6.02. The first-order valence-electron chi connectivity index (χ1n) is 8.30. The molecule has 25 heavy (non-hydrogen) atoms. The molecule has 0 radical (unpaired) electrons. The Morgan fingerprint density at radius 1 is 0.880 bits per heavy atom. The normalized spacial score (nSPS) is 13.2. The predicted molar refractivity (Wildman–Crippen MR) is 101 cm³/mol. The second-order valence-electron chi connectivity index (χ2n) is 6.02. The number of fused-ring (bicyclic) bond motifs is 1. The average molecular weight is 332 g/mol. The Kier molecular flexibility index (Phi) is 4.08. The highest BCUT2D eigenvalue weighted by atomic mass is 15.4. The molecule has 1 aromatic heterocycles. The lowest BCUT2D eigenvalue weighted by Crippen LogP contribution is -2.32. The molecule has 0 bridgehead atoms. The summed E-state index contributed by atoms with van der Waals surface area (Å²) in [5.74, 6) is 1.34. The van der Waals surface area contributed by atoms with E-state index in [2.05, 4.69) is 50.0 Å². The highest BCUT2D eigenvalue weighted by Gasteiger charge is 2.20. The molecule has 126 valence electrons. The van der Waals surface area contributed by atoms with Crippen molar-refractivity contribution in [2.45, 2.75) is 13.0 Å². The maximum absolute atomic E-state index is 6.33. The summed E-state index contributed by atoms with van der Waals surface area (Å²) in [5, 5.41) is 0. The molecule has 3 aromatic rings. The molecule has 1 aliphatic heterocycles. The zero-order valence-electron chi connectivity index (χ0n) is 13.8. The summed E-state index contributed by atoms with van der Waals surface area (Å²) in [6, 6.07) is 18.3. The van der Waals surface area contributed by atoms with E-state index in [-0.39, 0.29) is 0 Å². The summed E-state index contributed by atoms with van der Waals surface area (Å²) in [4.78, 5) is 10.9. The van der Waals surface area contributed by atoms with Gasteiger partial charge in [-0.2, -0.15) is 0 Å². The molecule has 0 spiro atoms. The average Bonchev–Trinajstić information content (AvgIpc) is 2.68. The van der Waals surface area contributed by atoms with Crippen molar-refractivity contribution in [1.29, 1.82) is 0 Å². The van der Waals surface area contributed by atoms with E-state index in [0.717, 1.165) is 31.0 Å². The highest BCUT2D eigenvalue weighted by Crippen LogP contribution is 2.30. The van der Waals surface area contributed by atoms with E-state index in [9.17, 15) is 0 Å². The molecular formula is C19H20N6. The molecule has 4 rings (SSSR count). The number of nitrogens with one attached hydrogen (secondary N) is 2. The van der Waals surface area contributed by atoms with Gasteiger partial charge < -0.3 is 10.6 Å². The van der Waals surface area contributed by atoms with Crippen molar-refractivity contribution in [3.8, 4) is 0 Å². The molecule has 6 nitrogen and oxygen atoms in total. The fourth-order valence-electron chi connectivity index (χ4n) is 3.07. The number of benzene rings is 2. The first kappa shape index (κ1) is 15.3. The first-order valence-corrected chi connectivity index (χ1v) is 8.30. The van der Waals surface area contributed by atoms with Crippen LogP contribution in [0.3, 0.4) is 0 Å². The second kappa shape index (κ2) is 6.68. The Hall–Kier alpha value is -3.28. The van der Waals surface area contributed by atoms with Crippen LogP contribution in [0.15, 0.2) is 60.9 Å². The molecule has 6 heteroatoms. The Labute approximate surface area is 146 Å². The van der Waals surface area contributed by atoms with Gasteiger partial charge in [-0.05, 0) is 29.7 Å². The third kappa shape index (κ3) is 3.19. The first-order chi connectivity index (χ1) is 12.3. The molecule has 2 heterocycles. The van der Waals surface area contributed by atoms with Crippen LogP contribution in [0, 0.1) is 0 Å². The molecule has 4 N–H and O–H groups in total. The van der Waals surface area contributed by atoms with E-state index in [0.29, 0.717) is 11.5 Å². The number of hydrogen-bond acceptors (Lipinski definition) is 6. The predicted octanol–water partition coefficient (Wildman–Crippen LogP) is 3.06. The monoisotopic (exact) mass is 332 g/mol. The van der Waals surface area contributed by atoms with E-state index in [1.807, 2.05) is 30.3 Å². The van der Waals surface area contributed by atoms with Crippen LogP contribution in [0.2, 0.25) is 0 Å². The van der Waals surface area contributed by atoms with E-state index < -0.39 is 0 Å². The third-order valence-electron chi connectivity index (χ3n) is 4.39. The topological polar surface area (TPSA) is 79.1 Å². The molecule has 0 unspecified atom stereocenters. The van der Waals surface area contributed by atoms with Crippen molar-refractivity contribution in [2.24, 2.45) is 0 Å². The van der Waals surface area contributed by atoms with Crippen LogP contribution < -0.4 is 21.5 Å². The molecule has 2 aromatic carbocycles. The number of nitrogens with zero attached hydrogens (tertiary/aromatic N) is 3. The van der Waals surface area contributed by atoms with E-state index in [4.69, 9.17) is 5.73 Å². The van der Waals surface area contributed by atoms with Crippen molar-refractivity contribution in [3.63, 3.8) is 0 Å². The minimum atomic E-state index is 0.547. The quantitative estimate of drug-likeness (QED) is 0.637. The molecule has 0 aliphatic carbocycles. The van der Waals surface area contributed by atoms with Crippen LogP contribution in [0.5, 0.6) is 0 Å². The molecule has 0 saturated heterocycles. The number of anilines is 4. The van der Waals surface area contributed by atoms with Crippen molar-refractivity contribution in [2.75, 3.05) is 28.0 Å². The summed E-state index contributed by atoms with van der Waals surface area (Å²) in [7, 11) is 0. The lowest BCUT2D eigenvalue weighted by molar-refractivity contribution is 0.721. The number of aromatic nitrogens is 2. The number of para-hydroxylation sites is 1. The van der Waals surface area contributed by atoms with Gasteiger partial charge in [-0.3, -0.25) is 10.9 Å². The minimum absolute atomic E-state index is 0.547. The van der Waals surface area contributed by atoms with Crippen LogP contribution in [0.25, 0.3) is 0 Å². The summed E-state index contributed by atoms with van der Waals surface area (Å²) in [6.45, 7) is 1.70. The van der Waals surface area contributed by atoms with Gasteiger partial charge in [0, 0.05) is 13.1 Å². The van der Waals surface area contributed by atoms with E-state index in [1.165, 1.54) is 11.1 Å². The van der Waals surface area contributed by atoms with Crippen LogP contribution >= 0.6 is 0 Å². The summed E-state index contributed by atoms with van der Waals surface area (Å²) in [6.07, 6.45) is 2.53. The van der Waals surface area contributed by atoms with Crippen LogP contribution in [-0.2, 0) is 13.0 Å². The van der Waals surface area contributed by atoms with Gasteiger partial charge in [-0.1, -0.05) is 42.5 Å². The lowest BCUT2D eigenvalue weighted by atomic mass is 10.00. The maximum atomic E-state index is 6.33. The molecular weight excluding hydrogens is 312 g/mol. The summed E-state index contributed by atoms with van der Waals surface area (Å²) >= 11 is 0. The fraction of sp³-hybridized carbons (Fsp3) is 0.158. The summed E-state index contributed by atoms with van der Waals surface area (Å²) in [5.41, 5.74) is 16.7. The highest BCUT2D eigenvalue weighted by molar-refractivity contribution is 5.76. The van der Waals surface area contributed by atoms with E-state index >= 15 is 0 Å². The standard InChI is InChI=1S/C19H20N6/c20-17-18(24-23-16-8-2-1-3-9-16)21-13-22-19(17)25-11-10-14-6-4-5-7-15(14)12-25/h1-9,13,23H,10-12,20H2,(H,21,22,24).